The lowest BCUT2D eigenvalue weighted by atomic mass is 9.93. The monoisotopic (exact) mass is 671 g/mol. The molecule has 8 aromatic rings. The maximum Gasteiger partial charge on any atom is 0.257 e. The summed E-state index contributed by atoms with van der Waals surface area (Å²) in [6, 6.07) is 33.0. The Bertz CT molecular complexity index is 2680. The summed E-state index contributed by atoms with van der Waals surface area (Å²) in [7, 11) is 0. The van der Waals surface area contributed by atoms with Gasteiger partial charge in [-0.3, -0.25) is 14.6 Å². The fraction of sp³-hybridized carbons (Fsp3) is 0.0488. The molecule has 2 unspecified atom stereocenters. The number of benzene rings is 3. The molecule has 3 aromatic carbocycles. The Balaban J connectivity index is 1.12. The van der Waals surface area contributed by atoms with Gasteiger partial charge >= 0.3 is 0 Å². The lowest BCUT2D eigenvalue weighted by Gasteiger charge is -2.21. The lowest BCUT2D eigenvalue weighted by molar-refractivity contribution is 0.553. The average Bonchev–Trinajstić information content (AvgIpc) is 3.17. The molecule has 0 radical (unpaired) electrons. The summed E-state index contributed by atoms with van der Waals surface area (Å²) in [6.07, 6.45) is 4.78. The van der Waals surface area contributed by atoms with Crippen LogP contribution in [0.15, 0.2) is 143 Å². The van der Waals surface area contributed by atoms with Gasteiger partial charge in [-0.2, -0.15) is 0 Å². The second-order valence-corrected chi connectivity index (χ2v) is 12.2. The van der Waals surface area contributed by atoms with Gasteiger partial charge in [-0.25, -0.2) is 14.4 Å². The van der Waals surface area contributed by atoms with Crippen molar-refractivity contribution in [3.05, 3.63) is 172 Å². The molecule has 8 rings (SSSR count). The molecule has 248 valence electrons. The maximum atomic E-state index is 16.0. The Morgan fingerprint density at radius 2 is 1.14 bits per heavy atom. The molecular formula is C41H30FN7O2. The highest BCUT2D eigenvalue weighted by Gasteiger charge is 2.23. The minimum Gasteiger partial charge on any atom is -0.328 e. The van der Waals surface area contributed by atoms with Gasteiger partial charge in [0.25, 0.3) is 11.1 Å². The van der Waals surface area contributed by atoms with Crippen LogP contribution in [0.3, 0.4) is 0 Å². The van der Waals surface area contributed by atoms with E-state index in [2.05, 4.69) is 15.0 Å². The molecule has 0 spiro atoms. The SMILES string of the molecule is NC(c1ccc(-c2nc3cc[nH]c(=O)c3cc2-c2ccccc2)c(F)c1)C(N)c1ccc(-c2nc3cc[nH]c(=O)c3cc2-c2ccccc2)cn1. The van der Waals surface area contributed by atoms with Crippen LogP contribution in [-0.2, 0) is 0 Å². The van der Waals surface area contributed by atoms with Gasteiger partial charge in [0.1, 0.15) is 5.82 Å². The van der Waals surface area contributed by atoms with Crippen LogP contribution in [0, 0.1) is 5.82 Å². The summed E-state index contributed by atoms with van der Waals surface area (Å²) >= 11 is 0. The number of nitrogens with two attached hydrogens (primary N) is 2. The molecule has 0 amide bonds. The molecule has 5 aromatic heterocycles. The molecule has 0 bridgehead atoms. The molecule has 51 heavy (non-hydrogen) atoms. The van der Waals surface area contributed by atoms with E-state index in [-0.39, 0.29) is 16.7 Å². The van der Waals surface area contributed by atoms with Gasteiger partial charge in [-0.1, -0.05) is 66.7 Å². The molecule has 2 atom stereocenters. The Labute approximate surface area is 290 Å². The van der Waals surface area contributed by atoms with E-state index in [1.54, 1.807) is 48.8 Å². The van der Waals surface area contributed by atoms with E-state index in [0.717, 1.165) is 22.3 Å². The van der Waals surface area contributed by atoms with Crippen molar-refractivity contribution in [1.29, 1.82) is 0 Å². The lowest BCUT2D eigenvalue weighted by Crippen LogP contribution is -2.27. The van der Waals surface area contributed by atoms with Gasteiger partial charge in [0.05, 0.1) is 51.0 Å². The fourth-order valence-corrected chi connectivity index (χ4v) is 6.39. The zero-order chi connectivity index (χ0) is 35.1. The van der Waals surface area contributed by atoms with Crippen molar-refractivity contribution in [2.75, 3.05) is 0 Å². The summed E-state index contributed by atoms with van der Waals surface area (Å²) in [5.41, 5.74) is 20.0. The standard InChI is InChI=1S/C41H30FN7O2/c42-32-19-25(11-13-27(32)39-29(24-9-5-2-6-10-24)21-31-34(49-39)16-18-46-41(31)51)36(43)37(44)35-14-12-26(22-47-35)38-28(23-7-3-1-4-8-23)20-30-33(48-38)15-17-45-40(30)50/h1-22,36-37H,43-44H2,(H,45,50)(H,46,51). The highest BCUT2D eigenvalue weighted by molar-refractivity contribution is 5.92. The van der Waals surface area contributed by atoms with E-state index in [1.165, 1.54) is 12.3 Å². The molecule has 0 saturated carbocycles. The van der Waals surface area contributed by atoms with Crippen molar-refractivity contribution in [3.63, 3.8) is 0 Å². The smallest absolute Gasteiger partial charge is 0.257 e. The summed E-state index contributed by atoms with van der Waals surface area (Å²) < 4.78 is 16.0. The topological polar surface area (TPSA) is 156 Å². The Morgan fingerprint density at radius 1 is 0.569 bits per heavy atom. The molecule has 0 aliphatic heterocycles. The van der Waals surface area contributed by atoms with Crippen molar-refractivity contribution in [3.8, 4) is 44.8 Å². The van der Waals surface area contributed by atoms with Crippen LogP contribution in [0.5, 0.6) is 0 Å². The maximum absolute atomic E-state index is 16.0. The first-order valence-electron chi connectivity index (χ1n) is 16.3. The average molecular weight is 672 g/mol. The number of hydrogen-bond acceptors (Lipinski definition) is 7. The molecule has 10 heteroatoms. The summed E-state index contributed by atoms with van der Waals surface area (Å²) in [5.74, 6) is -0.526. The van der Waals surface area contributed by atoms with Crippen LogP contribution in [0.25, 0.3) is 66.6 Å². The molecule has 0 saturated heterocycles. The van der Waals surface area contributed by atoms with Gasteiger partial charge in [0.15, 0.2) is 0 Å². The molecule has 0 fully saturated rings. The third kappa shape index (κ3) is 5.88. The highest BCUT2D eigenvalue weighted by atomic mass is 19.1. The number of hydrogen-bond donors (Lipinski definition) is 4. The van der Waals surface area contributed by atoms with Crippen LogP contribution in [0.4, 0.5) is 4.39 Å². The minimum absolute atomic E-state index is 0.219. The van der Waals surface area contributed by atoms with Crippen molar-refractivity contribution >= 4 is 21.8 Å². The number of aromatic nitrogens is 5. The largest absolute Gasteiger partial charge is 0.328 e. The van der Waals surface area contributed by atoms with E-state index < -0.39 is 17.9 Å². The normalized spacial score (nSPS) is 12.6. The first kappa shape index (κ1) is 31.6. The number of halogens is 1. The van der Waals surface area contributed by atoms with Gasteiger partial charge in [0, 0.05) is 40.8 Å². The molecule has 0 aliphatic carbocycles. The quantitative estimate of drug-likeness (QED) is 0.141. The fourth-order valence-electron chi connectivity index (χ4n) is 6.39. The zero-order valence-electron chi connectivity index (χ0n) is 27.0. The second-order valence-electron chi connectivity index (χ2n) is 12.2. The summed E-state index contributed by atoms with van der Waals surface area (Å²) in [6.45, 7) is 0. The number of rotatable bonds is 7. The van der Waals surface area contributed by atoms with E-state index in [4.69, 9.17) is 21.4 Å². The molecule has 6 N–H and O–H groups in total. The van der Waals surface area contributed by atoms with E-state index >= 15 is 4.39 Å². The number of nitrogens with one attached hydrogen (secondary N) is 2. The predicted octanol–water partition coefficient (Wildman–Crippen LogP) is 7.06. The summed E-state index contributed by atoms with van der Waals surface area (Å²) in [4.78, 5) is 44.8. The van der Waals surface area contributed by atoms with Gasteiger partial charge < -0.3 is 21.4 Å². The first-order chi connectivity index (χ1) is 24.9. The highest BCUT2D eigenvalue weighted by Crippen LogP contribution is 2.36. The first-order valence-corrected chi connectivity index (χ1v) is 16.3. The summed E-state index contributed by atoms with van der Waals surface area (Å²) in [5, 5.41) is 0.894. The Kier molecular flexibility index (Phi) is 8.07. The molecule has 0 aliphatic rings. The van der Waals surface area contributed by atoms with Gasteiger partial charge in [-0.15, -0.1) is 0 Å². The Morgan fingerprint density at radius 3 is 1.69 bits per heavy atom. The molecule has 9 nitrogen and oxygen atoms in total. The number of nitrogens with zero attached hydrogens (tertiary/aromatic N) is 3. The van der Waals surface area contributed by atoms with E-state index in [0.29, 0.717) is 50.0 Å². The number of pyridine rings is 5. The van der Waals surface area contributed by atoms with Crippen molar-refractivity contribution < 1.29 is 4.39 Å². The molecule has 5 heterocycles. The van der Waals surface area contributed by atoms with Crippen molar-refractivity contribution in [1.82, 2.24) is 24.9 Å². The van der Waals surface area contributed by atoms with Gasteiger partial charge in [0.2, 0.25) is 0 Å². The van der Waals surface area contributed by atoms with E-state index in [9.17, 15) is 9.59 Å². The van der Waals surface area contributed by atoms with E-state index in [1.807, 2.05) is 72.8 Å². The van der Waals surface area contributed by atoms with Crippen LogP contribution >= 0.6 is 0 Å². The third-order valence-electron chi connectivity index (χ3n) is 9.10. The van der Waals surface area contributed by atoms with Crippen molar-refractivity contribution in [2.45, 2.75) is 12.1 Å². The number of fused-ring (bicyclic) bond motifs is 2. The van der Waals surface area contributed by atoms with Crippen LogP contribution in [-0.4, -0.2) is 24.9 Å². The second kappa shape index (κ2) is 13.0. The van der Waals surface area contributed by atoms with Crippen LogP contribution < -0.4 is 22.6 Å². The number of aromatic amines is 2. The number of H-pyrrole nitrogens is 2. The van der Waals surface area contributed by atoms with Crippen LogP contribution in [0.2, 0.25) is 0 Å². The minimum atomic E-state index is -0.783. The predicted molar refractivity (Wildman–Crippen MR) is 198 cm³/mol. The van der Waals surface area contributed by atoms with Crippen LogP contribution in [0.1, 0.15) is 23.3 Å². The Hall–Kier alpha value is -6.62. The van der Waals surface area contributed by atoms with Crippen molar-refractivity contribution in [2.24, 2.45) is 11.5 Å². The van der Waals surface area contributed by atoms with Gasteiger partial charge in [-0.05, 0) is 65.2 Å². The zero-order valence-corrected chi connectivity index (χ0v) is 27.0. The third-order valence-corrected chi connectivity index (χ3v) is 9.10. The molecular weight excluding hydrogens is 641 g/mol.